The van der Waals surface area contributed by atoms with Crippen LogP contribution in [0.25, 0.3) is 24.3 Å². The van der Waals surface area contributed by atoms with Gasteiger partial charge in [0.15, 0.2) is 18.9 Å². The molecule has 0 saturated carbocycles. The summed E-state index contributed by atoms with van der Waals surface area (Å²) in [5.41, 5.74) is 9.97. The van der Waals surface area contributed by atoms with Crippen LogP contribution in [0.1, 0.15) is 34.2 Å². The normalized spacial score (nSPS) is 14.8. The Balaban J connectivity index is 0.974. The molecule has 0 bridgehead atoms. The monoisotopic (exact) mass is 605 g/mol. The van der Waals surface area contributed by atoms with Gasteiger partial charge in [0.25, 0.3) is 0 Å². The number of aromatic nitrogens is 1. The highest BCUT2D eigenvalue weighted by Crippen LogP contribution is 2.27. The molecule has 1 N–H and O–H groups in total. The van der Waals surface area contributed by atoms with E-state index in [0.29, 0.717) is 0 Å². The number of allylic oxidation sites excluding steroid dienone is 4. The number of nitrogens with one attached hydrogen (secondary N) is 1. The van der Waals surface area contributed by atoms with Gasteiger partial charge in [0, 0.05) is 62.2 Å². The van der Waals surface area contributed by atoms with E-state index in [1.807, 2.05) is 40.0 Å². The first-order valence-electron chi connectivity index (χ1n) is 15.0. The van der Waals surface area contributed by atoms with Crippen molar-refractivity contribution < 1.29 is 4.57 Å². The van der Waals surface area contributed by atoms with Gasteiger partial charge in [0.2, 0.25) is 0 Å². The number of aliphatic imine (C=N–C) groups is 1. The van der Waals surface area contributed by atoms with Crippen LogP contribution in [0.3, 0.4) is 0 Å². The summed E-state index contributed by atoms with van der Waals surface area (Å²) in [4.78, 5) is 6.91. The highest BCUT2D eigenvalue weighted by molar-refractivity contribution is 8.76. The van der Waals surface area contributed by atoms with Crippen molar-refractivity contribution in [2.75, 3.05) is 48.4 Å². The van der Waals surface area contributed by atoms with Gasteiger partial charge in [0.1, 0.15) is 0 Å². The van der Waals surface area contributed by atoms with Gasteiger partial charge < -0.3 is 10.2 Å². The van der Waals surface area contributed by atoms with Gasteiger partial charge in [-0.25, -0.2) is 4.57 Å². The molecule has 0 unspecified atom stereocenters. The van der Waals surface area contributed by atoms with Crippen LogP contribution >= 0.6 is 21.6 Å². The van der Waals surface area contributed by atoms with Crippen LogP contribution in [0.4, 0.5) is 11.4 Å². The molecular weight excluding hydrogens is 565 g/mol. The van der Waals surface area contributed by atoms with Gasteiger partial charge in [0.05, 0.1) is 5.75 Å². The van der Waals surface area contributed by atoms with Gasteiger partial charge in [-0.3, -0.25) is 4.99 Å². The molecule has 1 aromatic heterocycles. The van der Waals surface area contributed by atoms with Crippen LogP contribution in [0.15, 0.2) is 102 Å². The lowest BCUT2D eigenvalue weighted by atomic mass is 9.99. The fourth-order valence-corrected chi connectivity index (χ4v) is 6.97. The molecule has 0 saturated heterocycles. The first-order chi connectivity index (χ1) is 21.2. The lowest BCUT2D eigenvalue weighted by Gasteiger charge is -2.27. The number of aryl methyl sites for hydroxylation is 2. The minimum Gasteiger partial charge on any atom is -0.381 e. The number of rotatable bonds is 13. The SMILES string of the molecule is C=CC(/C=C/c1ccc2c(c1)CCCN2C)=C\C=N\CCSSCC[n+]1ccc(/C=C/c2ccc3c(c2)C=CCN3)cc1. The molecule has 5 rings (SSSR count). The lowest BCUT2D eigenvalue weighted by Crippen LogP contribution is -2.33. The van der Waals surface area contributed by atoms with Crippen molar-refractivity contribution in [3.63, 3.8) is 0 Å². The smallest absolute Gasteiger partial charge is 0.169 e. The number of benzene rings is 2. The molecule has 0 radical (unpaired) electrons. The topological polar surface area (TPSA) is 31.5 Å². The minimum absolute atomic E-state index is 0.811. The van der Waals surface area contributed by atoms with Crippen molar-refractivity contribution in [3.8, 4) is 0 Å². The van der Waals surface area contributed by atoms with Crippen LogP contribution in [-0.2, 0) is 13.0 Å². The summed E-state index contributed by atoms with van der Waals surface area (Å²) >= 11 is 0. The Kier molecular flexibility index (Phi) is 11.6. The van der Waals surface area contributed by atoms with E-state index in [4.69, 9.17) is 0 Å². The van der Waals surface area contributed by atoms with E-state index in [1.54, 1.807) is 0 Å². The van der Waals surface area contributed by atoms with Crippen LogP contribution in [-0.4, -0.2) is 44.4 Å². The summed E-state index contributed by atoms with van der Waals surface area (Å²) in [5.74, 6) is 2.07. The number of hydrogen-bond acceptors (Lipinski definition) is 5. The molecule has 43 heavy (non-hydrogen) atoms. The van der Waals surface area contributed by atoms with Crippen molar-refractivity contribution >= 4 is 63.5 Å². The van der Waals surface area contributed by atoms with Crippen LogP contribution < -0.4 is 14.8 Å². The predicted molar refractivity (Wildman–Crippen MR) is 193 cm³/mol. The maximum atomic E-state index is 4.57. The first-order valence-corrected chi connectivity index (χ1v) is 17.5. The maximum absolute atomic E-state index is 4.57. The van der Waals surface area contributed by atoms with E-state index in [0.717, 1.165) is 49.7 Å². The molecule has 0 amide bonds. The highest BCUT2D eigenvalue weighted by Gasteiger charge is 2.13. The molecule has 0 fully saturated rings. The summed E-state index contributed by atoms with van der Waals surface area (Å²) in [6.45, 7) is 7.81. The van der Waals surface area contributed by atoms with Crippen molar-refractivity contribution in [2.24, 2.45) is 4.99 Å². The summed E-state index contributed by atoms with van der Waals surface area (Å²) in [6, 6.07) is 17.6. The average Bonchev–Trinajstić information content (AvgIpc) is 3.05. The highest BCUT2D eigenvalue weighted by atomic mass is 33.1. The van der Waals surface area contributed by atoms with E-state index in [2.05, 4.69) is 131 Å². The van der Waals surface area contributed by atoms with Crippen LogP contribution in [0.5, 0.6) is 0 Å². The van der Waals surface area contributed by atoms with Gasteiger partial charge in [-0.15, -0.1) is 0 Å². The molecule has 2 aromatic carbocycles. The number of hydrogen-bond donors (Lipinski definition) is 1. The second kappa shape index (κ2) is 16.2. The van der Waals surface area contributed by atoms with Gasteiger partial charge >= 0.3 is 0 Å². The zero-order valence-electron chi connectivity index (χ0n) is 25.0. The summed E-state index contributed by atoms with van der Waals surface area (Å²) in [5, 5.41) is 3.40. The largest absolute Gasteiger partial charge is 0.381 e. The molecule has 0 atom stereocenters. The van der Waals surface area contributed by atoms with Gasteiger partial charge in [-0.05, 0) is 76.6 Å². The zero-order chi connectivity index (χ0) is 29.7. The number of anilines is 2. The third-order valence-electron chi connectivity index (χ3n) is 7.52. The Morgan fingerprint density at radius 1 is 1.00 bits per heavy atom. The summed E-state index contributed by atoms with van der Waals surface area (Å²) in [6.07, 6.45) is 25.5. The Hall–Kier alpha value is -3.74. The van der Waals surface area contributed by atoms with Crippen molar-refractivity contribution in [3.05, 3.63) is 125 Å². The van der Waals surface area contributed by atoms with E-state index < -0.39 is 0 Å². The second-order valence-electron chi connectivity index (χ2n) is 10.6. The summed E-state index contributed by atoms with van der Waals surface area (Å²) < 4.78 is 2.25. The van der Waals surface area contributed by atoms with Crippen LogP contribution in [0.2, 0.25) is 0 Å². The molecule has 0 aliphatic carbocycles. The number of fused-ring (bicyclic) bond motifs is 2. The molecule has 2 aliphatic rings. The Morgan fingerprint density at radius 3 is 2.70 bits per heavy atom. The van der Waals surface area contributed by atoms with Crippen LogP contribution in [0, 0.1) is 0 Å². The molecule has 2 aliphatic heterocycles. The predicted octanol–water partition coefficient (Wildman–Crippen LogP) is 8.24. The van der Waals surface area contributed by atoms with Crippen molar-refractivity contribution in [2.45, 2.75) is 19.4 Å². The minimum atomic E-state index is 0.811. The maximum Gasteiger partial charge on any atom is 0.169 e. The Bertz CT molecular complexity index is 1530. The standard InChI is InChI=1S/C37H40N4S2/c1-3-30(8-10-33-13-15-37-35(29-33)7-5-22-40(37)2)16-20-38-21-26-42-43-27-25-41-23-17-31(18-24-41)9-11-32-12-14-36-34(28-32)6-4-19-39-36/h3-4,6,8-18,20,23-24,28-29H,1,5,7,19,21-22,25-27H2,2H3/p+1/b10-8+,30-16+,38-20+. The quantitative estimate of drug-likeness (QED) is 0.0699. The lowest BCUT2D eigenvalue weighted by molar-refractivity contribution is -0.692. The molecule has 4 nitrogen and oxygen atoms in total. The van der Waals surface area contributed by atoms with Gasteiger partial charge in [-0.2, -0.15) is 0 Å². The average molecular weight is 606 g/mol. The molecule has 3 aromatic rings. The second-order valence-corrected chi connectivity index (χ2v) is 13.4. The molecule has 6 heteroatoms. The Morgan fingerprint density at radius 2 is 1.81 bits per heavy atom. The first kappa shape index (κ1) is 30.7. The van der Waals surface area contributed by atoms with E-state index in [9.17, 15) is 0 Å². The van der Waals surface area contributed by atoms with E-state index in [1.165, 1.54) is 45.6 Å². The Labute approximate surface area is 265 Å². The number of pyridine rings is 1. The van der Waals surface area contributed by atoms with E-state index >= 15 is 0 Å². The van der Waals surface area contributed by atoms with Gasteiger partial charge in [-0.1, -0.05) is 82.8 Å². The fourth-order valence-electron chi connectivity index (χ4n) is 5.12. The number of nitrogens with zero attached hydrogens (tertiary/aromatic N) is 3. The molecular formula is C37H41N4S2+. The van der Waals surface area contributed by atoms with Crippen molar-refractivity contribution in [1.82, 2.24) is 0 Å². The van der Waals surface area contributed by atoms with Crippen molar-refractivity contribution in [1.29, 1.82) is 0 Å². The molecule has 0 spiro atoms. The fraction of sp³-hybridized carbons (Fsp3) is 0.243. The zero-order valence-corrected chi connectivity index (χ0v) is 26.6. The third kappa shape index (κ3) is 9.37. The molecule has 3 heterocycles. The third-order valence-corrected chi connectivity index (χ3v) is 9.88. The van der Waals surface area contributed by atoms with E-state index in [-0.39, 0.29) is 0 Å². The summed E-state index contributed by atoms with van der Waals surface area (Å²) in [7, 11) is 5.97. The molecule has 220 valence electrons.